The largest absolute Gasteiger partial charge is 0.340 e. The molecule has 1 fully saturated rings. The van der Waals surface area contributed by atoms with Crippen LogP contribution < -0.4 is 5.32 Å². The van der Waals surface area contributed by atoms with Crippen molar-refractivity contribution in [2.75, 3.05) is 18.4 Å². The Hall–Kier alpha value is -2.86. The summed E-state index contributed by atoms with van der Waals surface area (Å²) in [5.74, 6) is 1.31. The highest BCUT2D eigenvalue weighted by atomic mass is 35.5. The van der Waals surface area contributed by atoms with E-state index in [0.717, 1.165) is 29.9 Å². The number of anilines is 1. The van der Waals surface area contributed by atoms with Gasteiger partial charge in [-0.25, -0.2) is 9.67 Å². The number of hydrogen-bond donors (Lipinski definition) is 1. The van der Waals surface area contributed by atoms with E-state index in [-0.39, 0.29) is 5.91 Å². The Bertz CT molecular complexity index is 927. The summed E-state index contributed by atoms with van der Waals surface area (Å²) >= 11 is 5.97. The van der Waals surface area contributed by atoms with Crippen LogP contribution in [0.5, 0.6) is 0 Å². The molecule has 3 rings (SSSR count). The minimum absolute atomic E-state index is 0.202. The van der Waals surface area contributed by atoms with Gasteiger partial charge in [-0.3, -0.25) is 4.79 Å². The van der Waals surface area contributed by atoms with E-state index in [0.29, 0.717) is 29.6 Å². The van der Waals surface area contributed by atoms with Gasteiger partial charge < -0.3 is 10.2 Å². The Morgan fingerprint density at radius 2 is 2.11 bits per heavy atom. The SMILES string of the molecule is C=C(/N=C(\C=C(/C)CN1CCCC1=O)Nc1ccc(Cl)cc1)n1ccc(C)n1. The van der Waals surface area contributed by atoms with E-state index in [2.05, 4.69) is 22.0 Å². The number of nitrogens with zero attached hydrogens (tertiary/aromatic N) is 4. The fourth-order valence-corrected chi connectivity index (χ4v) is 3.10. The fourth-order valence-electron chi connectivity index (χ4n) is 2.98. The molecular weight excluding hydrogens is 374 g/mol. The number of aryl methyl sites for hydroxylation is 1. The summed E-state index contributed by atoms with van der Waals surface area (Å²) in [5.41, 5.74) is 2.77. The van der Waals surface area contributed by atoms with Crippen molar-refractivity contribution < 1.29 is 4.79 Å². The Morgan fingerprint density at radius 1 is 1.36 bits per heavy atom. The fraction of sp³-hybridized carbons (Fsp3) is 0.286. The minimum atomic E-state index is 0.202. The molecule has 1 N–H and O–H groups in total. The maximum Gasteiger partial charge on any atom is 0.222 e. The average Bonchev–Trinajstić information content (AvgIpc) is 3.25. The number of benzene rings is 1. The van der Waals surface area contributed by atoms with Crippen LogP contribution in [-0.2, 0) is 4.79 Å². The summed E-state index contributed by atoms with van der Waals surface area (Å²) in [4.78, 5) is 18.4. The van der Waals surface area contributed by atoms with E-state index in [9.17, 15) is 4.79 Å². The summed E-state index contributed by atoms with van der Waals surface area (Å²) in [7, 11) is 0. The summed E-state index contributed by atoms with van der Waals surface area (Å²) in [6, 6.07) is 9.28. The number of halogens is 1. The van der Waals surface area contributed by atoms with E-state index >= 15 is 0 Å². The molecule has 0 saturated carbocycles. The highest BCUT2D eigenvalue weighted by Gasteiger charge is 2.19. The number of likely N-dealkylation sites (tertiary alicyclic amines) is 1. The molecule has 6 nitrogen and oxygen atoms in total. The second kappa shape index (κ2) is 8.89. The average molecular weight is 398 g/mol. The number of rotatable bonds is 6. The Morgan fingerprint density at radius 3 is 2.71 bits per heavy atom. The molecule has 0 unspecified atom stereocenters. The lowest BCUT2D eigenvalue weighted by Gasteiger charge is -2.16. The Balaban J connectivity index is 1.83. The van der Waals surface area contributed by atoms with Crippen molar-refractivity contribution in [2.24, 2.45) is 4.99 Å². The number of carbonyl (C=O) groups excluding carboxylic acids is 1. The van der Waals surface area contributed by atoms with Crippen LogP contribution in [0.1, 0.15) is 25.5 Å². The Labute approximate surface area is 170 Å². The van der Waals surface area contributed by atoms with Gasteiger partial charge >= 0.3 is 0 Å². The molecule has 0 radical (unpaired) electrons. The lowest BCUT2D eigenvalue weighted by Crippen LogP contribution is -2.26. The van der Waals surface area contributed by atoms with Crippen LogP contribution in [-0.4, -0.2) is 39.5 Å². The van der Waals surface area contributed by atoms with Gasteiger partial charge in [0.25, 0.3) is 0 Å². The molecule has 1 amide bonds. The molecule has 1 aromatic heterocycles. The number of carbonyl (C=O) groups is 1. The zero-order valence-electron chi connectivity index (χ0n) is 16.2. The maximum atomic E-state index is 11.9. The third kappa shape index (κ3) is 5.33. The van der Waals surface area contributed by atoms with Crippen LogP contribution in [0.3, 0.4) is 0 Å². The molecule has 0 spiro atoms. The molecule has 0 aliphatic carbocycles. The van der Waals surface area contributed by atoms with Crippen LogP contribution >= 0.6 is 11.6 Å². The topological polar surface area (TPSA) is 62.5 Å². The highest BCUT2D eigenvalue weighted by molar-refractivity contribution is 6.30. The van der Waals surface area contributed by atoms with Crippen molar-refractivity contribution in [2.45, 2.75) is 26.7 Å². The second-order valence-electron chi connectivity index (χ2n) is 6.86. The number of amidine groups is 1. The van der Waals surface area contributed by atoms with Gasteiger partial charge in [0.1, 0.15) is 11.7 Å². The van der Waals surface area contributed by atoms with Crippen LogP contribution in [0.25, 0.3) is 5.82 Å². The van der Waals surface area contributed by atoms with Crippen molar-refractivity contribution in [3.8, 4) is 0 Å². The van der Waals surface area contributed by atoms with Crippen molar-refractivity contribution >= 4 is 34.9 Å². The molecule has 2 heterocycles. The van der Waals surface area contributed by atoms with Crippen LogP contribution in [0.15, 0.2) is 59.7 Å². The molecule has 1 aliphatic rings. The number of hydrogen-bond acceptors (Lipinski definition) is 3. The molecule has 28 heavy (non-hydrogen) atoms. The van der Waals surface area contributed by atoms with Gasteiger partial charge in [-0.05, 0) is 56.7 Å². The number of amides is 1. The first-order valence-corrected chi connectivity index (χ1v) is 9.56. The van der Waals surface area contributed by atoms with Crippen LogP contribution in [0, 0.1) is 6.92 Å². The maximum absolute atomic E-state index is 11.9. The monoisotopic (exact) mass is 397 g/mol. The molecule has 1 saturated heterocycles. The van der Waals surface area contributed by atoms with Crippen molar-refractivity contribution in [3.05, 3.63) is 65.5 Å². The van der Waals surface area contributed by atoms with E-state index in [1.807, 2.05) is 61.4 Å². The number of aliphatic imine (C=N–C) groups is 1. The molecule has 146 valence electrons. The first kappa shape index (κ1) is 19.9. The summed E-state index contributed by atoms with van der Waals surface area (Å²) in [6.45, 7) is 9.32. The minimum Gasteiger partial charge on any atom is -0.340 e. The molecular formula is C21H24ClN5O. The van der Waals surface area contributed by atoms with Crippen molar-refractivity contribution in [1.82, 2.24) is 14.7 Å². The van der Waals surface area contributed by atoms with Gasteiger partial charge in [-0.15, -0.1) is 0 Å². The lowest BCUT2D eigenvalue weighted by atomic mass is 10.2. The molecule has 1 aromatic carbocycles. The van der Waals surface area contributed by atoms with Gasteiger partial charge in [-0.2, -0.15) is 5.10 Å². The predicted octanol–water partition coefficient (Wildman–Crippen LogP) is 4.35. The standard InChI is InChI=1S/C21H24ClN5O/c1-15(14-26-11-4-5-21(26)28)13-20(24-19-8-6-18(22)7-9-19)23-17(3)27-12-10-16(2)25-27/h6-10,12-13H,3-5,11,14H2,1-2H3,(H,23,24)/b15-13+. The van der Waals surface area contributed by atoms with Gasteiger partial charge in [-0.1, -0.05) is 23.8 Å². The first-order valence-electron chi connectivity index (χ1n) is 9.18. The quantitative estimate of drug-likeness (QED) is 0.582. The number of aromatic nitrogens is 2. The molecule has 1 aliphatic heterocycles. The smallest absolute Gasteiger partial charge is 0.222 e. The Kier molecular flexibility index (Phi) is 6.31. The van der Waals surface area contributed by atoms with E-state index in [4.69, 9.17) is 11.6 Å². The molecule has 0 atom stereocenters. The van der Waals surface area contributed by atoms with Crippen molar-refractivity contribution in [3.63, 3.8) is 0 Å². The third-order valence-electron chi connectivity index (χ3n) is 4.35. The van der Waals surface area contributed by atoms with E-state index < -0.39 is 0 Å². The third-order valence-corrected chi connectivity index (χ3v) is 4.60. The summed E-state index contributed by atoms with van der Waals surface area (Å²) in [6.07, 6.45) is 5.31. The van der Waals surface area contributed by atoms with Gasteiger partial charge in [0.2, 0.25) is 5.91 Å². The van der Waals surface area contributed by atoms with Crippen molar-refractivity contribution in [1.29, 1.82) is 0 Å². The van der Waals surface area contributed by atoms with Gasteiger partial charge in [0, 0.05) is 36.4 Å². The predicted molar refractivity (Wildman–Crippen MR) is 114 cm³/mol. The first-order chi connectivity index (χ1) is 13.4. The van der Waals surface area contributed by atoms with E-state index in [1.54, 1.807) is 4.68 Å². The second-order valence-corrected chi connectivity index (χ2v) is 7.29. The summed E-state index contributed by atoms with van der Waals surface area (Å²) < 4.78 is 1.63. The van der Waals surface area contributed by atoms with Gasteiger partial charge in [0.05, 0.1) is 5.69 Å². The normalized spacial score (nSPS) is 15.2. The molecule has 0 bridgehead atoms. The lowest BCUT2D eigenvalue weighted by molar-refractivity contribution is -0.127. The molecule has 2 aromatic rings. The number of nitrogens with one attached hydrogen (secondary N) is 1. The zero-order chi connectivity index (χ0) is 20.1. The van der Waals surface area contributed by atoms with E-state index in [1.165, 1.54) is 0 Å². The van der Waals surface area contributed by atoms with Crippen LogP contribution in [0.2, 0.25) is 5.02 Å². The molecule has 7 heteroatoms. The summed E-state index contributed by atoms with van der Waals surface area (Å²) in [5, 5.41) is 8.30. The van der Waals surface area contributed by atoms with Gasteiger partial charge in [0.15, 0.2) is 0 Å². The highest BCUT2D eigenvalue weighted by Crippen LogP contribution is 2.16. The zero-order valence-corrected chi connectivity index (χ0v) is 16.9. The van der Waals surface area contributed by atoms with Crippen LogP contribution in [0.4, 0.5) is 5.69 Å².